The molecule has 3 rings (SSSR count). The summed E-state index contributed by atoms with van der Waals surface area (Å²) in [6.45, 7) is -0.238. The van der Waals surface area contributed by atoms with Gasteiger partial charge < -0.3 is 14.8 Å². The molecule has 0 radical (unpaired) electrons. The number of benzene rings is 2. The van der Waals surface area contributed by atoms with Crippen molar-refractivity contribution < 1.29 is 27.5 Å². The number of rotatable bonds is 4. The van der Waals surface area contributed by atoms with Crippen LogP contribution in [0.3, 0.4) is 0 Å². The van der Waals surface area contributed by atoms with E-state index in [-0.39, 0.29) is 29.2 Å². The normalized spacial score (nSPS) is 16.0. The highest BCUT2D eigenvalue weighted by Gasteiger charge is 2.35. The maximum absolute atomic E-state index is 12.7. The number of ether oxygens (including phenoxy) is 2. The molecule has 0 saturated carbocycles. The Balaban J connectivity index is 1.90. The second-order valence-corrected chi connectivity index (χ2v) is 8.38. The molecule has 28 heavy (non-hydrogen) atoms. The fraction of sp³-hybridized carbons (Fsp3) is 0.222. The molecule has 8 nitrogen and oxygen atoms in total. The van der Waals surface area contributed by atoms with E-state index in [1.165, 1.54) is 37.4 Å². The lowest BCUT2D eigenvalue weighted by Gasteiger charge is -2.34. The standard InChI is InChI=1S/C18H17ClN2O6S/c1-26-18(23)12-5-3-4-6-13(12)20-17(22)16-10-21(28(2,24)25)14-9-11(19)7-8-15(14)27-16/h3-9,16H,10H2,1-2H3,(H,20,22)/t16-/m1/s1. The smallest absolute Gasteiger partial charge is 0.339 e. The van der Waals surface area contributed by atoms with Crippen molar-refractivity contribution in [2.45, 2.75) is 6.10 Å². The molecule has 1 aliphatic rings. The number of methoxy groups -OCH3 is 1. The Morgan fingerprint density at radius 1 is 1.25 bits per heavy atom. The Hall–Kier alpha value is -2.78. The monoisotopic (exact) mass is 424 g/mol. The molecule has 0 saturated heterocycles. The molecule has 1 aliphatic heterocycles. The minimum absolute atomic E-state index is 0.168. The number of hydrogen-bond donors (Lipinski definition) is 1. The quantitative estimate of drug-likeness (QED) is 0.755. The van der Waals surface area contributed by atoms with Crippen LogP contribution >= 0.6 is 11.6 Å². The maximum atomic E-state index is 12.7. The number of esters is 1. The number of carbonyl (C=O) groups excluding carboxylic acids is 2. The molecule has 0 bridgehead atoms. The van der Waals surface area contributed by atoms with Crippen molar-refractivity contribution in [3.8, 4) is 5.75 Å². The first-order chi connectivity index (χ1) is 13.2. The van der Waals surface area contributed by atoms with Crippen LogP contribution in [-0.2, 0) is 19.6 Å². The molecule has 1 N–H and O–H groups in total. The third kappa shape index (κ3) is 4.05. The highest BCUT2D eigenvalue weighted by Crippen LogP contribution is 2.37. The van der Waals surface area contributed by atoms with E-state index in [0.717, 1.165) is 10.6 Å². The van der Waals surface area contributed by atoms with Gasteiger partial charge in [-0.05, 0) is 30.3 Å². The fourth-order valence-corrected chi connectivity index (χ4v) is 3.84. The van der Waals surface area contributed by atoms with Gasteiger partial charge in [0.2, 0.25) is 10.0 Å². The summed E-state index contributed by atoms with van der Waals surface area (Å²) in [7, 11) is -2.45. The molecule has 2 aromatic carbocycles. The Kier molecular flexibility index (Phi) is 5.48. The van der Waals surface area contributed by atoms with Crippen LogP contribution in [0.25, 0.3) is 0 Å². The number of amides is 1. The number of carbonyl (C=O) groups is 2. The van der Waals surface area contributed by atoms with Gasteiger partial charge in [0, 0.05) is 5.02 Å². The average Bonchev–Trinajstić information content (AvgIpc) is 2.66. The Morgan fingerprint density at radius 2 is 1.96 bits per heavy atom. The highest BCUT2D eigenvalue weighted by atomic mass is 35.5. The summed E-state index contributed by atoms with van der Waals surface area (Å²) in [5, 5.41) is 2.94. The summed E-state index contributed by atoms with van der Waals surface area (Å²) in [6.07, 6.45) is -0.0982. The summed E-state index contributed by atoms with van der Waals surface area (Å²) < 4.78 is 35.9. The number of para-hydroxylation sites is 1. The van der Waals surface area contributed by atoms with Gasteiger partial charge in [-0.2, -0.15) is 0 Å². The number of halogens is 1. The SMILES string of the molecule is COC(=O)c1ccccc1NC(=O)[C@H]1CN(S(C)(=O)=O)c2cc(Cl)ccc2O1. The van der Waals surface area contributed by atoms with Gasteiger partial charge in [0.1, 0.15) is 5.75 Å². The van der Waals surface area contributed by atoms with Gasteiger partial charge in [-0.1, -0.05) is 23.7 Å². The van der Waals surface area contributed by atoms with Gasteiger partial charge in [0.25, 0.3) is 5.91 Å². The number of sulfonamides is 1. The van der Waals surface area contributed by atoms with Crippen LogP contribution in [0.5, 0.6) is 5.75 Å². The van der Waals surface area contributed by atoms with Crippen molar-refractivity contribution in [3.63, 3.8) is 0 Å². The molecule has 1 amide bonds. The van der Waals surface area contributed by atoms with E-state index in [2.05, 4.69) is 5.32 Å². The number of fused-ring (bicyclic) bond motifs is 1. The first kappa shape index (κ1) is 20.0. The first-order valence-corrected chi connectivity index (χ1v) is 10.4. The Bertz CT molecular complexity index is 1040. The third-order valence-electron chi connectivity index (χ3n) is 4.07. The summed E-state index contributed by atoms with van der Waals surface area (Å²) >= 11 is 5.96. The lowest BCUT2D eigenvalue weighted by atomic mass is 10.1. The molecular weight excluding hydrogens is 408 g/mol. The van der Waals surface area contributed by atoms with Crippen molar-refractivity contribution in [1.29, 1.82) is 0 Å². The zero-order valence-electron chi connectivity index (χ0n) is 15.0. The average molecular weight is 425 g/mol. The zero-order chi connectivity index (χ0) is 20.5. The topological polar surface area (TPSA) is 102 Å². The Morgan fingerprint density at radius 3 is 2.64 bits per heavy atom. The molecule has 0 unspecified atom stereocenters. The van der Waals surface area contributed by atoms with Crippen LogP contribution in [0.15, 0.2) is 42.5 Å². The van der Waals surface area contributed by atoms with Crippen molar-refractivity contribution in [2.75, 3.05) is 29.5 Å². The van der Waals surface area contributed by atoms with Crippen LogP contribution in [0.4, 0.5) is 11.4 Å². The van der Waals surface area contributed by atoms with Crippen molar-refractivity contribution in [3.05, 3.63) is 53.1 Å². The van der Waals surface area contributed by atoms with E-state index in [9.17, 15) is 18.0 Å². The molecule has 10 heteroatoms. The predicted octanol–water partition coefficient (Wildman–Crippen LogP) is 2.29. The molecule has 0 fully saturated rings. The van der Waals surface area contributed by atoms with Crippen LogP contribution in [-0.4, -0.2) is 46.3 Å². The first-order valence-electron chi connectivity index (χ1n) is 8.13. The predicted molar refractivity (Wildman–Crippen MR) is 104 cm³/mol. The maximum Gasteiger partial charge on any atom is 0.339 e. The fourth-order valence-electron chi connectivity index (χ4n) is 2.77. The van der Waals surface area contributed by atoms with E-state index in [0.29, 0.717) is 5.02 Å². The minimum Gasteiger partial charge on any atom is -0.476 e. The minimum atomic E-state index is -3.68. The third-order valence-corrected chi connectivity index (χ3v) is 5.46. The summed E-state index contributed by atoms with van der Waals surface area (Å²) in [6, 6.07) is 10.8. The molecule has 1 heterocycles. The summed E-state index contributed by atoms with van der Waals surface area (Å²) in [4.78, 5) is 24.6. The molecule has 1 atom stereocenters. The van der Waals surface area contributed by atoms with Gasteiger partial charge in [0.05, 0.1) is 36.8 Å². The molecule has 0 aliphatic carbocycles. The Labute approximate surface area is 167 Å². The van der Waals surface area contributed by atoms with Crippen molar-refractivity contribution >= 4 is 44.9 Å². The zero-order valence-corrected chi connectivity index (χ0v) is 16.6. The second-order valence-electron chi connectivity index (χ2n) is 6.04. The second kappa shape index (κ2) is 7.69. The number of hydrogen-bond acceptors (Lipinski definition) is 6. The number of anilines is 2. The van der Waals surface area contributed by atoms with Gasteiger partial charge in [-0.3, -0.25) is 9.10 Å². The van der Waals surface area contributed by atoms with Crippen LogP contribution in [0.1, 0.15) is 10.4 Å². The summed E-state index contributed by atoms with van der Waals surface area (Å²) in [5.41, 5.74) is 0.658. The molecular formula is C18H17ClN2O6S. The van der Waals surface area contributed by atoms with E-state index in [1.54, 1.807) is 12.1 Å². The number of nitrogens with one attached hydrogen (secondary N) is 1. The van der Waals surface area contributed by atoms with Gasteiger partial charge >= 0.3 is 5.97 Å². The molecule has 0 aromatic heterocycles. The van der Waals surface area contributed by atoms with Gasteiger partial charge in [0.15, 0.2) is 6.10 Å². The lowest BCUT2D eigenvalue weighted by molar-refractivity contribution is -0.122. The number of nitrogens with zero attached hydrogens (tertiary/aromatic N) is 1. The largest absolute Gasteiger partial charge is 0.476 e. The molecule has 148 valence electrons. The van der Waals surface area contributed by atoms with Crippen LogP contribution in [0.2, 0.25) is 5.02 Å². The van der Waals surface area contributed by atoms with Crippen molar-refractivity contribution in [2.24, 2.45) is 0 Å². The van der Waals surface area contributed by atoms with Crippen LogP contribution < -0.4 is 14.4 Å². The van der Waals surface area contributed by atoms with Crippen molar-refractivity contribution in [1.82, 2.24) is 0 Å². The van der Waals surface area contributed by atoms with Crippen LogP contribution in [0, 0.1) is 0 Å². The van der Waals surface area contributed by atoms with Gasteiger partial charge in [-0.15, -0.1) is 0 Å². The van der Waals surface area contributed by atoms with E-state index in [4.69, 9.17) is 21.1 Å². The highest BCUT2D eigenvalue weighted by molar-refractivity contribution is 7.92. The molecule has 0 spiro atoms. The van der Waals surface area contributed by atoms with E-state index < -0.39 is 28.0 Å². The lowest BCUT2D eigenvalue weighted by Crippen LogP contribution is -2.48. The van der Waals surface area contributed by atoms with Gasteiger partial charge in [-0.25, -0.2) is 13.2 Å². The summed E-state index contributed by atoms with van der Waals surface area (Å²) in [5.74, 6) is -1.01. The van der Waals surface area contributed by atoms with E-state index in [1.807, 2.05) is 0 Å². The molecule has 2 aromatic rings. The van der Waals surface area contributed by atoms with E-state index >= 15 is 0 Å².